The Hall–Kier alpha value is -1.57. The maximum atomic E-state index is 15.6. The number of alkyl halides is 1. The van der Waals surface area contributed by atoms with Crippen LogP contribution in [0.3, 0.4) is 0 Å². The summed E-state index contributed by atoms with van der Waals surface area (Å²) in [6.07, 6.45) is 8.42. The Bertz CT molecular complexity index is 1000. The van der Waals surface area contributed by atoms with Crippen LogP contribution in [-0.2, 0) is 4.79 Å². The molecule has 192 valence electrons. The quantitative estimate of drug-likeness (QED) is 0.371. The van der Waals surface area contributed by atoms with Gasteiger partial charge in [0.1, 0.15) is 11.9 Å². The number of methoxy groups -OCH3 is 1. The number of piperidine rings is 1. The summed E-state index contributed by atoms with van der Waals surface area (Å²) < 4.78 is 20.9. The highest BCUT2D eigenvalue weighted by molar-refractivity contribution is 7.99. The van der Waals surface area contributed by atoms with Gasteiger partial charge in [0, 0.05) is 41.2 Å². The van der Waals surface area contributed by atoms with Crippen LogP contribution in [-0.4, -0.2) is 58.7 Å². The number of carboxylic acid groups (broad SMARTS) is 1. The molecule has 1 aliphatic heterocycles. The molecule has 2 aromatic rings. The molecule has 4 rings (SSSR count). The predicted octanol–water partition coefficient (Wildman–Crippen LogP) is 6.78. The highest BCUT2D eigenvalue weighted by Gasteiger charge is 2.34. The molecule has 1 saturated carbocycles. The SMILES string of the molecule is COc1ccc2ncc(Cl)c([C@H](F)CCC3CCN(CCSC4CCCCC4)CC3C(=O)O)c2c1. The predicted molar refractivity (Wildman–Crippen MR) is 141 cm³/mol. The summed E-state index contributed by atoms with van der Waals surface area (Å²) in [5.74, 6) is 0.419. The summed E-state index contributed by atoms with van der Waals surface area (Å²) in [6.45, 7) is 2.37. The van der Waals surface area contributed by atoms with Gasteiger partial charge in [0.15, 0.2) is 0 Å². The van der Waals surface area contributed by atoms with Crippen LogP contribution in [0.15, 0.2) is 24.4 Å². The van der Waals surface area contributed by atoms with Crippen LogP contribution in [0.2, 0.25) is 5.02 Å². The van der Waals surface area contributed by atoms with Gasteiger partial charge in [0.05, 0.1) is 23.6 Å². The second-order valence-electron chi connectivity index (χ2n) is 9.87. The fraction of sp³-hybridized carbons (Fsp3) is 0.630. The minimum Gasteiger partial charge on any atom is -0.497 e. The summed E-state index contributed by atoms with van der Waals surface area (Å²) in [5, 5.41) is 11.6. The van der Waals surface area contributed by atoms with Crippen molar-refractivity contribution in [1.82, 2.24) is 9.88 Å². The molecule has 0 bridgehead atoms. The number of nitrogens with zero attached hydrogens (tertiary/aromatic N) is 2. The molecule has 1 aliphatic carbocycles. The van der Waals surface area contributed by atoms with Crippen LogP contribution in [0.5, 0.6) is 5.75 Å². The zero-order chi connectivity index (χ0) is 24.8. The maximum Gasteiger partial charge on any atom is 0.308 e. The fourth-order valence-electron chi connectivity index (χ4n) is 5.59. The van der Waals surface area contributed by atoms with Crippen molar-refractivity contribution in [3.8, 4) is 5.75 Å². The lowest BCUT2D eigenvalue weighted by Crippen LogP contribution is -2.44. The molecule has 1 aromatic carbocycles. The molecule has 0 amide bonds. The second kappa shape index (κ2) is 12.6. The number of benzene rings is 1. The Balaban J connectivity index is 1.34. The van der Waals surface area contributed by atoms with E-state index < -0.39 is 18.1 Å². The summed E-state index contributed by atoms with van der Waals surface area (Å²) in [6, 6.07) is 5.35. The van der Waals surface area contributed by atoms with Gasteiger partial charge in [0.25, 0.3) is 0 Å². The first-order chi connectivity index (χ1) is 17.0. The minimum atomic E-state index is -1.29. The van der Waals surface area contributed by atoms with Crippen LogP contribution >= 0.6 is 23.4 Å². The number of hydrogen-bond acceptors (Lipinski definition) is 5. The molecular formula is C27H36ClFN2O3S. The highest BCUT2D eigenvalue weighted by atomic mass is 35.5. The number of hydrogen-bond donors (Lipinski definition) is 1. The van der Waals surface area contributed by atoms with Crippen LogP contribution in [0, 0.1) is 11.8 Å². The lowest BCUT2D eigenvalue weighted by atomic mass is 9.81. The Kier molecular flexibility index (Phi) is 9.53. The van der Waals surface area contributed by atoms with E-state index >= 15 is 4.39 Å². The first-order valence-electron chi connectivity index (χ1n) is 12.8. The van der Waals surface area contributed by atoms with Gasteiger partial charge in [-0.25, -0.2) is 4.39 Å². The second-order valence-corrected chi connectivity index (χ2v) is 11.7. The van der Waals surface area contributed by atoms with Gasteiger partial charge >= 0.3 is 5.97 Å². The molecule has 2 fully saturated rings. The third-order valence-electron chi connectivity index (χ3n) is 7.64. The number of halogens is 2. The number of aromatic nitrogens is 1. The molecule has 0 spiro atoms. The van der Waals surface area contributed by atoms with Crippen molar-refractivity contribution in [3.63, 3.8) is 0 Å². The van der Waals surface area contributed by atoms with Crippen molar-refractivity contribution < 1.29 is 19.0 Å². The number of fused-ring (bicyclic) bond motifs is 1. The minimum absolute atomic E-state index is 0.0330. The average molecular weight is 523 g/mol. The molecule has 0 radical (unpaired) electrons. The molecule has 2 aliphatic rings. The Morgan fingerprint density at radius 3 is 2.86 bits per heavy atom. The van der Waals surface area contributed by atoms with E-state index in [-0.39, 0.29) is 12.3 Å². The molecule has 1 aromatic heterocycles. The largest absolute Gasteiger partial charge is 0.497 e. The number of carboxylic acids is 1. The van der Waals surface area contributed by atoms with E-state index in [1.807, 2.05) is 0 Å². The highest BCUT2D eigenvalue weighted by Crippen LogP contribution is 2.39. The molecular weight excluding hydrogens is 487 g/mol. The van der Waals surface area contributed by atoms with Gasteiger partial charge in [-0.3, -0.25) is 9.78 Å². The molecule has 35 heavy (non-hydrogen) atoms. The summed E-state index contributed by atoms with van der Waals surface area (Å²) in [7, 11) is 1.57. The zero-order valence-electron chi connectivity index (χ0n) is 20.4. The zero-order valence-corrected chi connectivity index (χ0v) is 22.0. The van der Waals surface area contributed by atoms with Gasteiger partial charge < -0.3 is 14.7 Å². The van der Waals surface area contributed by atoms with Gasteiger partial charge in [-0.05, 0) is 62.8 Å². The molecule has 3 atom stereocenters. The Morgan fingerprint density at radius 2 is 2.11 bits per heavy atom. The molecule has 8 heteroatoms. The number of pyridine rings is 1. The fourth-order valence-corrected chi connectivity index (χ4v) is 7.23. The Morgan fingerprint density at radius 1 is 1.31 bits per heavy atom. The lowest BCUT2D eigenvalue weighted by molar-refractivity contribution is -0.146. The van der Waals surface area contributed by atoms with Gasteiger partial charge in [0.2, 0.25) is 0 Å². The number of rotatable bonds is 10. The summed E-state index contributed by atoms with van der Waals surface area (Å²) in [4.78, 5) is 18.7. The van der Waals surface area contributed by atoms with E-state index in [1.54, 1.807) is 25.3 Å². The lowest BCUT2D eigenvalue weighted by Gasteiger charge is -2.37. The first-order valence-corrected chi connectivity index (χ1v) is 14.2. The number of ether oxygens (including phenoxy) is 1. The van der Waals surface area contributed by atoms with E-state index in [2.05, 4.69) is 21.6 Å². The summed E-state index contributed by atoms with van der Waals surface area (Å²) >= 11 is 8.42. The molecule has 2 unspecified atom stereocenters. The van der Waals surface area contributed by atoms with Crippen molar-refractivity contribution in [1.29, 1.82) is 0 Å². The summed E-state index contributed by atoms with van der Waals surface area (Å²) in [5.41, 5.74) is 1.08. The van der Waals surface area contributed by atoms with Crippen LogP contribution < -0.4 is 4.74 Å². The van der Waals surface area contributed by atoms with Crippen LogP contribution in [0.25, 0.3) is 10.9 Å². The number of thioether (sulfide) groups is 1. The third-order valence-corrected chi connectivity index (χ3v) is 9.31. The first kappa shape index (κ1) is 26.5. The van der Waals surface area contributed by atoms with E-state index in [1.165, 1.54) is 38.3 Å². The van der Waals surface area contributed by atoms with E-state index in [0.717, 1.165) is 30.5 Å². The Labute approximate surface area is 216 Å². The van der Waals surface area contributed by atoms with Crippen molar-refractivity contribution in [2.45, 2.75) is 62.8 Å². The van der Waals surface area contributed by atoms with Crippen molar-refractivity contribution >= 4 is 40.2 Å². The van der Waals surface area contributed by atoms with Gasteiger partial charge in [-0.2, -0.15) is 11.8 Å². The normalized spacial score (nSPS) is 22.8. The standard InChI is InChI=1S/C27H36ClFN2O3S/c1-34-19-8-10-25-21(15-19)26(23(28)16-30-25)24(29)9-7-18-11-12-31(17-22(18)27(32)33)13-14-35-20-5-3-2-4-6-20/h8,10,15-16,18,20,22,24H,2-7,9,11-14,17H2,1H3,(H,32,33)/t18?,22?,24-/m1/s1. The maximum absolute atomic E-state index is 15.6. The smallest absolute Gasteiger partial charge is 0.308 e. The molecule has 1 saturated heterocycles. The monoisotopic (exact) mass is 522 g/mol. The van der Waals surface area contributed by atoms with E-state index in [0.29, 0.717) is 40.2 Å². The van der Waals surface area contributed by atoms with Crippen LogP contribution in [0.1, 0.15) is 63.1 Å². The van der Waals surface area contributed by atoms with Gasteiger partial charge in [-0.15, -0.1) is 0 Å². The topological polar surface area (TPSA) is 62.7 Å². The molecule has 2 heterocycles. The van der Waals surface area contributed by atoms with E-state index in [4.69, 9.17) is 16.3 Å². The molecule has 1 N–H and O–H groups in total. The number of carbonyl (C=O) groups is 1. The van der Waals surface area contributed by atoms with Crippen LogP contribution in [0.4, 0.5) is 4.39 Å². The number of aliphatic carboxylic acids is 1. The molecule has 5 nitrogen and oxygen atoms in total. The third kappa shape index (κ3) is 6.80. The van der Waals surface area contributed by atoms with Gasteiger partial charge in [-0.1, -0.05) is 30.9 Å². The average Bonchev–Trinajstić information content (AvgIpc) is 2.87. The van der Waals surface area contributed by atoms with E-state index in [9.17, 15) is 9.90 Å². The van der Waals surface area contributed by atoms with Crippen molar-refractivity contribution in [2.24, 2.45) is 11.8 Å². The van der Waals surface area contributed by atoms with Crippen molar-refractivity contribution in [3.05, 3.63) is 35.0 Å². The van der Waals surface area contributed by atoms with Crippen molar-refractivity contribution in [2.75, 3.05) is 32.5 Å². The number of likely N-dealkylation sites (tertiary alicyclic amines) is 1.